The summed E-state index contributed by atoms with van der Waals surface area (Å²) >= 11 is 3.41. The second-order valence-corrected chi connectivity index (χ2v) is 7.17. The minimum absolute atomic E-state index is 0.0843. The third-order valence-corrected chi connectivity index (χ3v) is 3.45. The summed E-state index contributed by atoms with van der Waals surface area (Å²) in [6, 6.07) is 7.55. The van der Waals surface area contributed by atoms with Crippen LogP contribution < -0.4 is 10.6 Å². The Morgan fingerprint density at radius 2 is 1.91 bits per heavy atom. The Morgan fingerprint density at radius 3 is 2.55 bits per heavy atom. The molecule has 116 valence electrons. The number of carbonyl (C=O) groups excluding carboxylic acids is 1. The second kappa shape index (κ2) is 6.48. The smallest absolute Gasteiger partial charge is 0.257 e. The van der Waals surface area contributed by atoms with Gasteiger partial charge in [-0.15, -0.1) is 0 Å². The molecule has 0 aliphatic heterocycles. The van der Waals surface area contributed by atoms with Crippen molar-refractivity contribution in [2.24, 2.45) is 0 Å². The van der Waals surface area contributed by atoms with E-state index in [9.17, 15) is 4.79 Å². The number of anilines is 2. The number of halogens is 1. The molecule has 4 nitrogen and oxygen atoms in total. The van der Waals surface area contributed by atoms with Crippen LogP contribution in [0.1, 0.15) is 36.7 Å². The van der Waals surface area contributed by atoms with Gasteiger partial charge in [-0.25, -0.2) is 0 Å². The van der Waals surface area contributed by atoms with E-state index in [1.54, 1.807) is 12.4 Å². The lowest BCUT2D eigenvalue weighted by molar-refractivity contribution is 0.102. The van der Waals surface area contributed by atoms with Crippen LogP contribution in [0.3, 0.4) is 0 Å². The van der Waals surface area contributed by atoms with Gasteiger partial charge in [0.25, 0.3) is 5.91 Å². The number of aromatic nitrogens is 1. The van der Waals surface area contributed by atoms with E-state index in [4.69, 9.17) is 0 Å². The van der Waals surface area contributed by atoms with E-state index in [1.165, 1.54) is 0 Å². The van der Waals surface area contributed by atoms with Crippen molar-refractivity contribution in [3.8, 4) is 0 Å². The first kappa shape index (κ1) is 16.5. The van der Waals surface area contributed by atoms with Crippen LogP contribution in [0.5, 0.6) is 0 Å². The Morgan fingerprint density at radius 1 is 1.18 bits per heavy atom. The van der Waals surface area contributed by atoms with Crippen LogP contribution in [0.25, 0.3) is 0 Å². The maximum atomic E-state index is 12.4. The lowest BCUT2D eigenvalue weighted by Gasteiger charge is -2.22. The second-order valence-electron chi connectivity index (χ2n) is 6.25. The molecule has 2 N–H and O–H groups in total. The van der Waals surface area contributed by atoms with E-state index < -0.39 is 0 Å². The van der Waals surface area contributed by atoms with Crippen LogP contribution in [0.2, 0.25) is 0 Å². The number of aryl methyl sites for hydroxylation is 1. The molecule has 5 heteroatoms. The fourth-order valence-electron chi connectivity index (χ4n) is 2.03. The van der Waals surface area contributed by atoms with Crippen LogP contribution in [0.15, 0.2) is 41.1 Å². The van der Waals surface area contributed by atoms with Gasteiger partial charge >= 0.3 is 0 Å². The van der Waals surface area contributed by atoms with Gasteiger partial charge in [0.2, 0.25) is 0 Å². The zero-order chi connectivity index (χ0) is 16.3. The lowest BCUT2D eigenvalue weighted by Crippen LogP contribution is -2.26. The van der Waals surface area contributed by atoms with E-state index in [-0.39, 0.29) is 11.4 Å². The summed E-state index contributed by atoms with van der Waals surface area (Å²) in [6.07, 6.45) is 3.28. The Labute approximate surface area is 139 Å². The maximum Gasteiger partial charge on any atom is 0.257 e. The van der Waals surface area contributed by atoms with Crippen molar-refractivity contribution in [2.45, 2.75) is 33.2 Å². The number of amides is 1. The molecule has 0 spiro atoms. The minimum Gasteiger partial charge on any atom is -0.379 e. The highest BCUT2D eigenvalue weighted by Crippen LogP contribution is 2.21. The molecule has 1 amide bonds. The SMILES string of the molecule is Cc1cc(Br)ccc1NC(=O)c1cncc(NC(C)(C)C)c1. The van der Waals surface area contributed by atoms with Crippen LogP contribution in [-0.4, -0.2) is 16.4 Å². The van der Waals surface area contributed by atoms with Crippen LogP contribution in [0, 0.1) is 6.92 Å². The van der Waals surface area contributed by atoms with Crippen molar-refractivity contribution in [1.29, 1.82) is 0 Å². The average Bonchev–Trinajstić information content (AvgIpc) is 2.40. The molecular formula is C17H20BrN3O. The number of carbonyl (C=O) groups is 1. The standard InChI is InChI=1S/C17H20BrN3O/c1-11-7-13(18)5-6-15(11)20-16(22)12-8-14(10-19-9-12)21-17(2,3)4/h5-10,21H,1-4H3,(H,20,22). The van der Waals surface area contributed by atoms with E-state index >= 15 is 0 Å². The molecule has 0 saturated heterocycles. The first-order valence-corrected chi connectivity index (χ1v) is 7.85. The van der Waals surface area contributed by atoms with Gasteiger partial charge in [-0.3, -0.25) is 9.78 Å². The number of pyridine rings is 1. The van der Waals surface area contributed by atoms with Crippen molar-refractivity contribution in [2.75, 3.05) is 10.6 Å². The fraction of sp³-hybridized carbons (Fsp3) is 0.294. The summed E-state index contributed by atoms with van der Waals surface area (Å²) in [5, 5.41) is 6.23. The summed E-state index contributed by atoms with van der Waals surface area (Å²) < 4.78 is 0.987. The normalized spacial score (nSPS) is 11.1. The maximum absolute atomic E-state index is 12.4. The van der Waals surface area contributed by atoms with Gasteiger partial charge in [-0.1, -0.05) is 15.9 Å². The van der Waals surface area contributed by atoms with E-state index in [0.29, 0.717) is 5.56 Å². The highest BCUT2D eigenvalue weighted by Gasteiger charge is 2.13. The number of nitrogens with zero attached hydrogens (tertiary/aromatic N) is 1. The van der Waals surface area contributed by atoms with Crippen molar-refractivity contribution in [1.82, 2.24) is 4.98 Å². The van der Waals surface area contributed by atoms with Crippen LogP contribution in [-0.2, 0) is 0 Å². The topological polar surface area (TPSA) is 54.0 Å². The van der Waals surface area contributed by atoms with E-state index in [0.717, 1.165) is 21.4 Å². The lowest BCUT2D eigenvalue weighted by atomic mass is 10.1. The predicted octanol–water partition coefficient (Wildman–Crippen LogP) is 4.62. The van der Waals surface area contributed by atoms with Gasteiger partial charge in [0, 0.05) is 28.1 Å². The van der Waals surface area contributed by atoms with Gasteiger partial charge in [0.15, 0.2) is 0 Å². The molecule has 0 fully saturated rings. The summed E-state index contributed by atoms with van der Waals surface area (Å²) in [5.41, 5.74) is 3.06. The molecule has 0 saturated carbocycles. The molecule has 0 radical (unpaired) electrons. The molecule has 1 heterocycles. The highest BCUT2D eigenvalue weighted by molar-refractivity contribution is 9.10. The summed E-state index contributed by atoms with van der Waals surface area (Å²) in [6.45, 7) is 8.14. The highest BCUT2D eigenvalue weighted by atomic mass is 79.9. The number of hydrogen-bond acceptors (Lipinski definition) is 3. The molecule has 0 aliphatic rings. The fourth-order valence-corrected chi connectivity index (χ4v) is 2.50. The number of rotatable bonds is 3. The Hall–Kier alpha value is -1.88. The average molecular weight is 362 g/mol. The van der Waals surface area contributed by atoms with Gasteiger partial charge < -0.3 is 10.6 Å². The third kappa shape index (κ3) is 4.56. The molecule has 1 aromatic carbocycles. The molecule has 1 aromatic heterocycles. The molecule has 22 heavy (non-hydrogen) atoms. The van der Waals surface area contributed by atoms with E-state index in [1.807, 2.05) is 31.2 Å². The Balaban J connectivity index is 2.17. The molecule has 0 unspecified atom stereocenters. The summed E-state index contributed by atoms with van der Waals surface area (Å²) in [4.78, 5) is 16.5. The first-order valence-electron chi connectivity index (χ1n) is 7.05. The van der Waals surface area contributed by atoms with Crippen LogP contribution in [0.4, 0.5) is 11.4 Å². The molecular weight excluding hydrogens is 342 g/mol. The largest absolute Gasteiger partial charge is 0.379 e. The van der Waals surface area contributed by atoms with Gasteiger partial charge in [0.1, 0.15) is 0 Å². The van der Waals surface area contributed by atoms with Gasteiger partial charge in [-0.2, -0.15) is 0 Å². The molecule has 2 aromatic rings. The zero-order valence-corrected chi connectivity index (χ0v) is 14.8. The first-order chi connectivity index (χ1) is 10.2. The Bertz CT molecular complexity index is 693. The summed E-state index contributed by atoms with van der Waals surface area (Å²) in [5.74, 6) is -0.171. The molecule has 2 rings (SSSR count). The van der Waals surface area contributed by atoms with Crippen LogP contribution >= 0.6 is 15.9 Å². The quantitative estimate of drug-likeness (QED) is 0.838. The summed E-state index contributed by atoms with van der Waals surface area (Å²) in [7, 11) is 0. The van der Waals surface area contributed by atoms with Gasteiger partial charge in [0.05, 0.1) is 11.3 Å². The number of benzene rings is 1. The zero-order valence-electron chi connectivity index (χ0n) is 13.2. The number of hydrogen-bond donors (Lipinski definition) is 2. The van der Waals surface area contributed by atoms with Gasteiger partial charge in [-0.05, 0) is 57.5 Å². The third-order valence-electron chi connectivity index (χ3n) is 2.96. The van der Waals surface area contributed by atoms with Crippen molar-refractivity contribution < 1.29 is 4.79 Å². The van der Waals surface area contributed by atoms with Crippen molar-refractivity contribution in [3.05, 3.63) is 52.3 Å². The molecule has 0 aliphatic carbocycles. The minimum atomic E-state index is -0.171. The number of nitrogens with one attached hydrogen (secondary N) is 2. The molecule has 0 bridgehead atoms. The van der Waals surface area contributed by atoms with Crippen molar-refractivity contribution >= 4 is 33.2 Å². The molecule has 0 atom stereocenters. The Kier molecular flexibility index (Phi) is 4.86. The van der Waals surface area contributed by atoms with Crippen molar-refractivity contribution in [3.63, 3.8) is 0 Å². The van der Waals surface area contributed by atoms with E-state index in [2.05, 4.69) is 52.3 Å². The predicted molar refractivity (Wildman–Crippen MR) is 94.4 cm³/mol. The monoisotopic (exact) mass is 361 g/mol.